The first kappa shape index (κ1) is 32.0. The number of benzene rings is 8. The maximum atomic E-state index is 6.78. The normalized spacial score (nSPS) is 12.8. The van der Waals surface area contributed by atoms with Crippen LogP contribution in [0, 0.1) is 0 Å². The van der Waals surface area contributed by atoms with E-state index >= 15 is 0 Å². The van der Waals surface area contributed by atoms with Crippen LogP contribution < -0.4 is 0 Å². The van der Waals surface area contributed by atoms with Gasteiger partial charge >= 0.3 is 0 Å². The van der Waals surface area contributed by atoms with Crippen molar-refractivity contribution >= 4 is 21.9 Å². The molecule has 0 saturated carbocycles. The Balaban J connectivity index is 1.07. The quantitative estimate of drug-likeness (QED) is 0.172. The lowest BCUT2D eigenvalue weighted by Gasteiger charge is -2.33. The predicted molar refractivity (Wildman–Crippen MR) is 226 cm³/mol. The van der Waals surface area contributed by atoms with Gasteiger partial charge in [-0.15, -0.1) is 0 Å². The minimum atomic E-state index is -0.490. The Morgan fingerprint density at radius 2 is 0.821 bits per heavy atom. The van der Waals surface area contributed by atoms with Gasteiger partial charge in [-0.05, 0) is 62.7 Å². The van der Waals surface area contributed by atoms with Gasteiger partial charge in [0.2, 0.25) is 0 Å². The summed E-state index contributed by atoms with van der Waals surface area (Å²) in [5, 5.41) is 2.20. The molecule has 4 heteroatoms. The maximum Gasteiger partial charge on any atom is 0.164 e. The van der Waals surface area contributed by atoms with Crippen molar-refractivity contribution in [3.63, 3.8) is 0 Å². The number of fused-ring (bicyclic) bond motifs is 6. The van der Waals surface area contributed by atoms with E-state index < -0.39 is 5.41 Å². The van der Waals surface area contributed by atoms with Crippen LogP contribution >= 0.6 is 0 Å². The van der Waals surface area contributed by atoms with Crippen molar-refractivity contribution in [3.05, 3.63) is 222 Å². The van der Waals surface area contributed by atoms with Gasteiger partial charge in [-0.25, -0.2) is 15.0 Å². The number of rotatable bonds is 6. The second kappa shape index (κ2) is 12.9. The molecule has 0 fully saturated rings. The zero-order valence-corrected chi connectivity index (χ0v) is 30.3. The molecule has 2 heterocycles. The van der Waals surface area contributed by atoms with Crippen LogP contribution in [0.5, 0.6) is 0 Å². The van der Waals surface area contributed by atoms with Crippen molar-refractivity contribution in [1.82, 2.24) is 15.0 Å². The fourth-order valence-electron chi connectivity index (χ4n) is 8.74. The molecule has 0 amide bonds. The Morgan fingerprint density at radius 1 is 0.339 bits per heavy atom. The molecule has 0 spiro atoms. The predicted octanol–water partition coefficient (Wildman–Crippen LogP) is 12.8. The minimum absolute atomic E-state index is 0.490. The molecule has 262 valence electrons. The van der Waals surface area contributed by atoms with Gasteiger partial charge in [-0.1, -0.05) is 182 Å². The summed E-state index contributed by atoms with van der Waals surface area (Å²) in [5.41, 5.74) is 13.7. The third-order valence-electron chi connectivity index (χ3n) is 11.2. The number of aromatic nitrogens is 3. The van der Waals surface area contributed by atoms with Crippen molar-refractivity contribution in [3.8, 4) is 56.4 Å². The van der Waals surface area contributed by atoms with E-state index in [0.717, 1.165) is 49.8 Å². The molecule has 0 radical (unpaired) electrons. The second-order valence-corrected chi connectivity index (χ2v) is 14.3. The zero-order valence-electron chi connectivity index (χ0n) is 30.3. The van der Waals surface area contributed by atoms with Crippen molar-refractivity contribution in [2.45, 2.75) is 5.41 Å². The van der Waals surface area contributed by atoms with E-state index in [0.29, 0.717) is 17.5 Å². The van der Waals surface area contributed by atoms with Gasteiger partial charge in [0.15, 0.2) is 17.5 Å². The summed E-state index contributed by atoms with van der Waals surface area (Å²) in [6, 6.07) is 70.4. The molecular formula is C52H33N3O. The summed E-state index contributed by atoms with van der Waals surface area (Å²) in [6.45, 7) is 0. The molecule has 0 atom stereocenters. The van der Waals surface area contributed by atoms with E-state index in [1.807, 2.05) is 60.7 Å². The Bertz CT molecular complexity index is 2950. The third-order valence-corrected chi connectivity index (χ3v) is 11.2. The van der Waals surface area contributed by atoms with Crippen LogP contribution in [0.25, 0.3) is 78.4 Å². The first-order valence-corrected chi connectivity index (χ1v) is 18.9. The highest BCUT2D eigenvalue weighted by molar-refractivity contribution is 6.14. The van der Waals surface area contributed by atoms with Crippen LogP contribution in [0.1, 0.15) is 22.3 Å². The Labute approximate surface area is 324 Å². The van der Waals surface area contributed by atoms with Crippen LogP contribution in [0.15, 0.2) is 205 Å². The van der Waals surface area contributed by atoms with Gasteiger partial charge < -0.3 is 4.42 Å². The average molecular weight is 716 g/mol. The first-order valence-electron chi connectivity index (χ1n) is 18.9. The van der Waals surface area contributed by atoms with E-state index in [2.05, 4.69) is 140 Å². The van der Waals surface area contributed by atoms with E-state index in [1.54, 1.807) is 0 Å². The van der Waals surface area contributed by atoms with Crippen LogP contribution in [0.2, 0.25) is 0 Å². The number of furan rings is 1. The minimum Gasteiger partial charge on any atom is -0.456 e. The van der Waals surface area contributed by atoms with Gasteiger partial charge in [-0.2, -0.15) is 0 Å². The highest BCUT2D eigenvalue weighted by Crippen LogP contribution is 2.57. The standard InChI is InChI=1S/C52H33N3O/c1-5-16-35(17-6-1)49-53-50(36-18-7-2-8-19-36)55-51(54-49)37-30-28-34(29-31-37)40-25-15-27-46-48(40)43-32-42-41-24-13-14-26-44(41)52(38-20-9-3-10-21-38,39-22-11-4-12-23-39)45(42)33-47(43)56-46/h1-33H. The van der Waals surface area contributed by atoms with Crippen LogP contribution in [-0.2, 0) is 5.41 Å². The summed E-state index contributed by atoms with van der Waals surface area (Å²) in [4.78, 5) is 14.8. The molecule has 2 aromatic heterocycles. The highest BCUT2D eigenvalue weighted by Gasteiger charge is 2.46. The topological polar surface area (TPSA) is 51.8 Å². The molecule has 0 aliphatic heterocycles. The summed E-state index contributed by atoms with van der Waals surface area (Å²) in [5.74, 6) is 1.92. The molecule has 1 aliphatic rings. The van der Waals surface area contributed by atoms with Gasteiger partial charge in [-0.3, -0.25) is 0 Å². The van der Waals surface area contributed by atoms with Crippen molar-refractivity contribution in [2.24, 2.45) is 0 Å². The molecule has 10 aromatic rings. The molecule has 56 heavy (non-hydrogen) atoms. The fourth-order valence-corrected chi connectivity index (χ4v) is 8.74. The van der Waals surface area contributed by atoms with Crippen molar-refractivity contribution < 1.29 is 4.42 Å². The zero-order chi connectivity index (χ0) is 37.1. The van der Waals surface area contributed by atoms with E-state index in [1.165, 1.54) is 33.4 Å². The average Bonchev–Trinajstić information content (AvgIpc) is 3.80. The molecule has 8 aromatic carbocycles. The Morgan fingerprint density at radius 3 is 1.41 bits per heavy atom. The van der Waals surface area contributed by atoms with Crippen molar-refractivity contribution in [1.29, 1.82) is 0 Å². The monoisotopic (exact) mass is 715 g/mol. The fraction of sp³-hybridized carbons (Fsp3) is 0.0192. The van der Waals surface area contributed by atoms with E-state index in [4.69, 9.17) is 19.4 Å². The summed E-state index contributed by atoms with van der Waals surface area (Å²) in [7, 11) is 0. The molecule has 0 bridgehead atoms. The van der Waals surface area contributed by atoms with Gasteiger partial charge in [0, 0.05) is 27.5 Å². The molecule has 4 nitrogen and oxygen atoms in total. The van der Waals surface area contributed by atoms with Crippen LogP contribution in [-0.4, -0.2) is 15.0 Å². The molecule has 1 aliphatic carbocycles. The number of hydrogen-bond acceptors (Lipinski definition) is 4. The van der Waals surface area contributed by atoms with Crippen LogP contribution in [0.3, 0.4) is 0 Å². The molecule has 0 N–H and O–H groups in total. The lowest BCUT2D eigenvalue weighted by molar-refractivity contribution is 0.666. The number of nitrogens with zero attached hydrogens (tertiary/aromatic N) is 3. The van der Waals surface area contributed by atoms with Gasteiger partial charge in [0.05, 0.1) is 5.41 Å². The van der Waals surface area contributed by atoms with Crippen molar-refractivity contribution in [2.75, 3.05) is 0 Å². The summed E-state index contributed by atoms with van der Waals surface area (Å²) >= 11 is 0. The Hall–Kier alpha value is -7.43. The van der Waals surface area contributed by atoms with E-state index in [-0.39, 0.29) is 0 Å². The number of hydrogen-bond donors (Lipinski definition) is 0. The van der Waals surface area contributed by atoms with Crippen LogP contribution in [0.4, 0.5) is 0 Å². The third kappa shape index (κ3) is 4.96. The molecular weight excluding hydrogens is 683 g/mol. The lowest BCUT2D eigenvalue weighted by atomic mass is 9.67. The smallest absolute Gasteiger partial charge is 0.164 e. The molecule has 0 unspecified atom stereocenters. The summed E-state index contributed by atoms with van der Waals surface area (Å²) < 4.78 is 6.78. The summed E-state index contributed by atoms with van der Waals surface area (Å²) in [6.07, 6.45) is 0. The molecule has 0 saturated heterocycles. The second-order valence-electron chi connectivity index (χ2n) is 14.3. The lowest BCUT2D eigenvalue weighted by Crippen LogP contribution is -2.28. The first-order chi connectivity index (χ1) is 27.8. The maximum absolute atomic E-state index is 6.78. The van der Waals surface area contributed by atoms with Gasteiger partial charge in [0.1, 0.15) is 11.2 Å². The SMILES string of the molecule is c1ccc(-c2nc(-c3ccccc3)nc(-c3ccc(-c4cccc5oc6cc7c(cc6c45)-c4ccccc4C7(c4ccccc4)c4ccccc4)cc3)n2)cc1. The van der Waals surface area contributed by atoms with Gasteiger partial charge in [0.25, 0.3) is 0 Å². The largest absolute Gasteiger partial charge is 0.456 e. The van der Waals surface area contributed by atoms with E-state index in [9.17, 15) is 0 Å². The Kier molecular flexibility index (Phi) is 7.36. The highest BCUT2D eigenvalue weighted by atomic mass is 16.3. The molecule has 11 rings (SSSR count).